The van der Waals surface area contributed by atoms with Crippen molar-refractivity contribution in [3.8, 4) is 16.6 Å². The lowest BCUT2D eigenvalue weighted by atomic mass is 9.72. The summed E-state index contributed by atoms with van der Waals surface area (Å²) in [6.07, 6.45) is 6.41. The van der Waals surface area contributed by atoms with E-state index in [0.717, 1.165) is 35.4 Å². The first-order chi connectivity index (χ1) is 14.3. The molecule has 1 N–H and O–H groups in total. The minimum absolute atomic E-state index is 0.206. The van der Waals surface area contributed by atoms with Crippen LogP contribution in [0.4, 0.5) is 5.00 Å². The van der Waals surface area contributed by atoms with Gasteiger partial charge in [0.05, 0.1) is 11.3 Å². The number of rotatable bonds is 3. The van der Waals surface area contributed by atoms with E-state index in [0.29, 0.717) is 27.1 Å². The molecule has 0 unspecified atom stereocenters. The molecule has 0 aromatic carbocycles. The van der Waals surface area contributed by atoms with E-state index in [9.17, 15) is 10.1 Å². The third-order valence-corrected chi connectivity index (χ3v) is 8.12. The second-order valence-electron chi connectivity index (χ2n) is 8.75. The van der Waals surface area contributed by atoms with E-state index >= 15 is 0 Å². The summed E-state index contributed by atoms with van der Waals surface area (Å²) in [5.41, 5.74) is 3.56. The number of nitrogens with zero attached hydrogens (tertiary/aromatic N) is 3. The zero-order valence-corrected chi connectivity index (χ0v) is 19.2. The number of aromatic nitrogens is 2. The maximum absolute atomic E-state index is 13.0. The molecule has 0 bridgehead atoms. The Balaban J connectivity index is 1.60. The van der Waals surface area contributed by atoms with Gasteiger partial charge in [-0.1, -0.05) is 20.8 Å². The van der Waals surface area contributed by atoms with Crippen LogP contribution in [0.15, 0.2) is 24.5 Å². The van der Waals surface area contributed by atoms with Crippen LogP contribution in [0.1, 0.15) is 58.6 Å². The lowest BCUT2D eigenvalue weighted by Crippen LogP contribution is -2.26. The molecule has 0 radical (unpaired) electrons. The largest absolute Gasteiger partial charge is 0.312 e. The van der Waals surface area contributed by atoms with E-state index in [4.69, 9.17) is 0 Å². The highest BCUT2D eigenvalue weighted by atomic mass is 32.1. The molecule has 3 aromatic rings. The van der Waals surface area contributed by atoms with Crippen LogP contribution in [-0.4, -0.2) is 15.9 Å². The number of hydrogen-bond donors (Lipinski definition) is 1. The molecule has 4 rings (SSSR count). The van der Waals surface area contributed by atoms with Gasteiger partial charge in [-0.25, -0.2) is 4.98 Å². The average molecular weight is 437 g/mol. The van der Waals surface area contributed by atoms with E-state index in [1.165, 1.54) is 16.2 Å². The number of nitrogens with one attached hydrogen (secondary N) is 1. The Labute approximate surface area is 184 Å². The van der Waals surface area contributed by atoms with Crippen LogP contribution in [0, 0.1) is 29.6 Å². The molecule has 1 amide bonds. The number of pyridine rings is 1. The molecule has 30 heavy (non-hydrogen) atoms. The second-order valence-corrected chi connectivity index (χ2v) is 10.9. The van der Waals surface area contributed by atoms with Gasteiger partial charge in [0.25, 0.3) is 5.91 Å². The maximum atomic E-state index is 13.0. The summed E-state index contributed by atoms with van der Waals surface area (Å²) >= 11 is 2.91. The summed E-state index contributed by atoms with van der Waals surface area (Å²) < 4.78 is 0. The van der Waals surface area contributed by atoms with Gasteiger partial charge in [-0.2, -0.15) is 5.26 Å². The summed E-state index contributed by atoms with van der Waals surface area (Å²) in [5, 5.41) is 14.2. The molecule has 3 heterocycles. The van der Waals surface area contributed by atoms with Crippen molar-refractivity contribution in [2.45, 2.75) is 47.0 Å². The second kappa shape index (κ2) is 7.93. The molecule has 1 atom stereocenters. The predicted molar refractivity (Wildman–Crippen MR) is 122 cm³/mol. The Morgan fingerprint density at radius 1 is 1.33 bits per heavy atom. The van der Waals surface area contributed by atoms with Gasteiger partial charge in [-0.15, -0.1) is 22.7 Å². The first-order valence-corrected chi connectivity index (χ1v) is 11.6. The molecule has 154 valence electrons. The molecule has 1 aliphatic rings. The van der Waals surface area contributed by atoms with Crippen molar-refractivity contribution in [2.75, 3.05) is 5.32 Å². The monoisotopic (exact) mass is 436 g/mol. The minimum atomic E-state index is -0.206. The van der Waals surface area contributed by atoms with Crippen molar-refractivity contribution in [3.05, 3.63) is 51.1 Å². The predicted octanol–water partition coefficient (Wildman–Crippen LogP) is 5.85. The van der Waals surface area contributed by atoms with E-state index in [1.54, 1.807) is 23.7 Å². The van der Waals surface area contributed by atoms with Crippen molar-refractivity contribution in [3.63, 3.8) is 0 Å². The first-order valence-electron chi connectivity index (χ1n) is 10.0. The average Bonchev–Trinajstić information content (AvgIpc) is 3.27. The molecule has 0 saturated heterocycles. The van der Waals surface area contributed by atoms with Crippen molar-refractivity contribution < 1.29 is 4.79 Å². The zero-order chi connectivity index (χ0) is 21.5. The fourth-order valence-electron chi connectivity index (χ4n) is 3.91. The number of carbonyl (C=O) groups excluding carboxylic acids is 1. The number of nitriles is 1. The van der Waals surface area contributed by atoms with Gasteiger partial charge >= 0.3 is 0 Å². The molecule has 0 aliphatic heterocycles. The lowest BCUT2D eigenvalue weighted by Gasteiger charge is -2.33. The van der Waals surface area contributed by atoms with Crippen LogP contribution < -0.4 is 5.32 Å². The Morgan fingerprint density at radius 2 is 2.13 bits per heavy atom. The number of amides is 1. The van der Waals surface area contributed by atoms with E-state index in [2.05, 4.69) is 42.1 Å². The SMILES string of the molecule is Cc1nc(-c2cccnc2)sc1C(=O)Nc1sc2c(c1C#N)CC[C@@H](C(C)(C)C)C2. The molecular formula is C23H24N4OS2. The summed E-state index contributed by atoms with van der Waals surface area (Å²) in [4.78, 5) is 23.5. The molecule has 0 spiro atoms. The molecule has 3 aromatic heterocycles. The van der Waals surface area contributed by atoms with Gasteiger partial charge in [0.2, 0.25) is 0 Å². The van der Waals surface area contributed by atoms with Crippen molar-refractivity contribution in [1.82, 2.24) is 9.97 Å². The van der Waals surface area contributed by atoms with E-state index in [-0.39, 0.29) is 11.3 Å². The Hall–Kier alpha value is -2.56. The van der Waals surface area contributed by atoms with Crippen molar-refractivity contribution >= 4 is 33.6 Å². The molecule has 5 nitrogen and oxygen atoms in total. The third kappa shape index (κ3) is 3.90. The highest BCUT2D eigenvalue weighted by Gasteiger charge is 2.32. The number of thiophene rings is 1. The molecular weight excluding hydrogens is 412 g/mol. The Morgan fingerprint density at radius 3 is 2.80 bits per heavy atom. The van der Waals surface area contributed by atoms with Gasteiger partial charge in [0, 0.05) is 22.8 Å². The lowest BCUT2D eigenvalue weighted by molar-refractivity contribution is 0.103. The zero-order valence-electron chi connectivity index (χ0n) is 17.6. The standard InChI is InChI=1S/C23H24N4OS2/c1-13-19(30-21(26-13)14-6-5-9-25-12-14)20(28)27-22-17(11-24)16-8-7-15(23(2,3)4)10-18(16)29-22/h5-6,9,12,15H,7-8,10H2,1-4H3,(H,27,28)/t15-/m1/s1. The first kappa shape index (κ1) is 20.7. The van der Waals surface area contributed by atoms with E-state index in [1.807, 2.05) is 19.1 Å². The number of carbonyl (C=O) groups is 1. The van der Waals surface area contributed by atoms with Crippen molar-refractivity contribution in [2.24, 2.45) is 11.3 Å². The molecule has 7 heteroatoms. The maximum Gasteiger partial charge on any atom is 0.268 e. The number of fused-ring (bicyclic) bond motifs is 1. The number of thiazole rings is 1. The van der Waals surface area contributed by atoms with Crippen molar-refractivity contribution in [1.29, 1.82) is 5.26 Å². The fourth-order valence-corrected chi connectivity index (χ4v) is 6.14. The van der Waals surface area contributed by atoms with Crippen LogP contribution in [0.3, 0.4) is 0 Å². The quantitative estimate of drug-likeness (QED) is 0.558. The summed E-state index contributed by atoms with van der Waals surface area (Å²) in [6, 6.07) is 6.12. The van der Waals surface area contributed by atoms with Gasteiger partial charge < -0.3 is 5.32 Å². The Bertz CT molecular complexity index is 1130. The third-order valence-electron chi connectivity index (χ3n) is 5.74. The van der Waals surface area contributed by atoms with Crippen LogP contribution in [0.25, 0.3) is 10.6 Å². The minimum Gasteiger partial charge on any atom is -0.312 e. The summed E-state index contributed by atoms with van der Waals surface area (Å²) in [6.45, 7) is 8.66. The normalized spacial score (nSPS) is 16.0. The van der Waals surface area contributed by atoms with Gasteiger partial charge in [0.1, 0.15) is 21.0 Å². The highest BCUT2D eigenvalue weighted by molar-refractivity contribution is 7.18. The van der Waals surface area contributed by atoms with Crippen LogP contribution in [0.2, 0.25) is 0 Å². The number of hydrogen-bond acceptors (Lipinski definition) is 6. The van der Waals surface area contributed by atoms with Crippen LogP contribution >= 0.6 is 22.7 Å². The molecule has 0 saturated carbocycles. The van der Waals surface area contributed by atoms with Gasteiger partial charge in [-0.3, -0.25) is 9.78 Å². The van der Waals surface area contributed by atoms with Gasteiger partial charge in [-0.05, 0) is 55.2 Å². The molecule has 1 aliphatic carbocycles. The number of anilines is 1. The summed E-state index contributed by atoms with van der Waals surface area (Å²) in [5.74, 6) is 0.382. The Kier molecular flexibility index (Phi) is 5.48. The topological polar surface area (TPSA) is 78.7 Å². The van der Waals surface area contributed by atoms with E-state index < -0.39 is 0 Å². The van der Waals surface area contributed by atoms with Gasteiger partial charge in [0.15, 0.2) is 0 Å². The fraction of sp³-hybridized carbons (Fsp3) is 0.391. The smallest absolute Gasteiger partial charge is 0.268 e. The van der Waals surface area contributed by atoms with Crippen LogP contribution in [0.5, 0.6) is 0 Å². The molecule has 0 fully saturated rings. The summed E-state index contributed by atoms with van der Waals surface area (Å²) in [7, 11) is 0. The van der Waals surface area contributed by atoms with Crippen LogP contribution in [-0.2, 0) is 12.8 Å². The highest BCUT2D eigenvalue weighted by Crippen LogP contribution is 2.44. The number of aryl methyl sites for hydroxylation is 1.